The molecule has 4 heterocycles. The summed E-state index contributed by atoms with van der Waals surface area (Å²) in [6.45, 7) is 0. The lowest BCUT2D eigenvalue weighted by Crippen LogP contribution is -2.23. The number of nitrogens with zero attached hydrogens (tertiary/aromatic N) is 3. The Labute approximate surface area is 231 Å². The Hall–Kier alpha value is -4.80. The average molecular weight is 562 g/mol. The van der Waals surface area contributed by atoms with Crippen molar-refractivity contribution in [1.82, 2.24) is 19.9 Å². The van der Waals surface area contributed by atoms with Crippen LogP contribution in [0.5, 0.6) is 5.75 Å². The number of amides is 1. The van der Waals surface area contributed by atoms with Gasteiger partial charge in [0.25, 0.3) is 0 Å². The number of benzene rings is 1. The standard InChI is InChI=1S/C30H23F4N5O2/c31-18-6-4-16(5-7-18)20(14-23(32)33)30(40)38-25-13-17(10-12-36-25)27-26(21-3-1-2-11-35-21)29-28(39-27)22(15-24(34)37-29)41-19-8-9-19/h1-7,10-13,15,19-20,23,39H,8-9,14H2,(H,36,38,40)/t20-/m0/s1. The van der Waals surface area contributed by atoms with Gasteiger partial charge in [-0.2, -0.15) is 4.39 Å². The molecule has 0 saturated heterocycles. The highest BCUT2D eigenvalue weighted by Gasteiger charge is 2.28. The summed E-state index contributed by atoms with van der Waals surface area (Å²) in [5.41, 5.74) is 3.20. The SMILES string of the molecule is O=C(Nc1cc(-c2[nH]c3c(OC4CC4)cc(F)nc3c2-c2ccccn2)ccn1)[C@@H](CC(F)F)c1ccc(F)cc1. The zero-order valence-electron chi connectivity index (χ0n) is 21.5. The number of halogens is 4. The lowest BCUT2D eigenvalue weighted by molar-refractivity contribution is -0.118. The van der Waals surface area contributed by atoms with Crippen molar-refractivity contribution in [2.24, 2.45) is 0 Å². The Morgan fingerprint density at radius 2 is 1.83 bits per heavy atom. The lowest BCUT2D eigenvalue weighted by atomic mass is 9.95. The maximum absolute atomic E-state index is 14.7. The number of rotatable bonds is 9. The predicted molar refractivity (Wildman–Crippen MR) is 145 cm³/mol. The molecule has 1 atom stereocenters. The lowest BCUT2D eigenvalue weighted by Gasteiger charge is -2.17. The number of alkyl halides is 2. The third-order valence-electron chi connectivity index (χ3n) is 6.73. The van der Waals surface area contributed by atoms with Gasteiger partial charge in [-0.1, -0.05) is 18.2 Å². The molecule has 1 aliphatic carbocycles. The van der Waals surface area contributed by atoms with Crippen LogP contribution in [-0.4, -0.2) is 38.4 Å². The Morgan fingerprint density at radius 1 is 1.02 bits per heavy atom. The van der Waals surface area contributed by atoms with Gasteiger partial charge in [0.2, 0.25) is 18.3 Å². The van der Waals surface area contributed by atoms with Crippen molar-refractivity contribution in [1.29, 1.82) is 0 Å². The minimum atomic E-state index is -2.76. The molecule has 1 amide bonds. The molecule has 1 aliphatic rings. The molecule has 4 aromatic heterocycles. The number of hydrogen-bond donors (Lipinski definition) is 2. The maximum atomic E-state index is 14.7. The van der Waals surface area contributed by atoms with Crippen molar-refractivity contribution >= 4 is 22.8 Å². The first-order valence-corrected chi connectivity index (χ1v) is 13.0. The van der Waals surface area contributed by atoms with Gasteiger partial charge in [-0.05, 0) is 54.8 Å². The summed E-state index contributed by atoms with van der Waals surface area (Å²) in [6, 6.07) is 14.7. The number of hydrogen-bond acceptors (Lipinski definition) is 5. The Kier molecular flexibility index (Phi) is 7.08. The van der Waals surface area contributed by atoms with Crippen molar-refractivity contribution in [2.45, 2.75) is 37.7 Å². The number of H-pyrrole nitrogens is 1. The fourth-order valence-corrected chi connectivity index (χ4v) is 4.67. The van der Waals surface area contributed by atoms with Gasteiger partial charge >= 0.3 is 0 Å². The third kappa shape index (κ3) is 5.74. The van der Waals surface area contributed by atoms with Crippen molar-refractivity contribution < 1.29 is 27.1 Å². The molecule has 2 N–H and O–H groups in total. The zero-order chi connectivity index (χ0) is 28.5. The summed E-state index contributed by atoms with van der Waals surface area (Å²) < 4.78 is 60.7. The molecule has 5 aromatic rings. The van der Waals surface area contributed by atoms with Crippen molar-refractivity contribution in [3.05, 3.63) is 90.4 Å². The molecule has 0 bridgehead atoms. The summed E-state index contributed by atoms with van der Waals surface area (Å²) in [6.07, 6.45) is 1.32. The van der Waals surface area contributed by atoms with E-state index in [1.807, 2.05) is 0 Å². The van der Waals surface area contributed by atoms with Crippen LogP contribution >= 0.6 is 0 Å². The highest BCUT2D eigenvalue weighted by molar-refractivity contribution is 6.03. The molecule has 0 radical (unpaired) electrons. The molecule has 1 saturated carbocycles. The normalized spacial score (nSPS) is 13.9. The van der Waals surface area contributed by atoms with Gasteiger partial charge < -0.3 is 15.0 Å². The van der Waals surface area contributed by atoms with Crippen LogP contribution in [0.2, 0.25) is 0 Å². The molecule has 208 valence electrons. The molecule has 0 unspecified atom stereocenters. The first kappa shape index (κ1) is 26.4. The summed E-state index contributed by atoms with van der Waals surface area (Å²) in [5, 5.41) is 2.61. The minimum Gasteiger partial charge on any atom is -0.488 e. The number of pyridine rings is 3. The first-order chi connectivity index (χ1) is 19.9. The van der Waals surface area contributed by atoms with Gasteiger partial charge in [-0.25, -0.2) is 23.1 Å². The minimum absolute atomic E-state index is 0.00934. The molecule has 41 heavy (non-hydrogen) atoms. The molecule has 0 spiro atoms. The number of anilines is 1. The highest BCUT2D eigenvalue weighted by Crippen LogP contribution is 2.41. The van der Waals surface area contributed by atoms with Crippen LogP contribution in [0.25, 0.3) is 33.5 Å². The van der Waals surface area contributed by atoms with Crippen LogP contribution in [0.15, 0.2) is 73.1 Å². The second-order valence-electron chi connectivity index (χ2n) is 9.72. The van der Waals surface area contributed by atoms with Crippen LogP contribution in [0.3, 0.4) is 0 Å². The third-order valence-corrected chi connectivity index (χ3v) is 6.73. The van der Waals surface area contributed by atoms with Crippen molar-refractivity contribution in [3.8, 4) is 28.3 Å². The van der Waals surface area contributed by atoms with E-state index in [1.54, 1.807) is 36.5 Å². The van der Waals surface area contributed by atoms with Gasteiger partial charge in [-0.15, -0.1) is 0 Å². The number of fused-ring (bicyclic) bond motifs is 1. The van der Waals surface area contributed by atoms with E-state index in [2.05, 4.69) is 25.3 Å². The molecular formula is C30H23F4N5O2. The van der Waals surface area contributed by atoms with Gasteiger partial charge in [-0.3, -0.25) is 9.78 Å². The molecular weight excluding hydrogens is 538 g/mol. The predicted octanol–water partition coefficient (Wildman–Crippen LogP) is 6.88. The number of ether oxygens (including phenoxy) is 1. The molecule has 6 rings (SSSR count). The summed E-state index contributed by atoms with van der Waals surface area (Å²) in [5.74, 6) is -2.76. The fraction of sp³-hybridized carbons (Fsp3) is 0.200. The smallest absolute Gasteiger partial charge is 0.239 e. The Morgan fingerprint density at radius 3 is 2.54 bits per heavy atom. The van der Waals surface area contributed by atoms with Gasteiger partial charge in [0.05, 0.1) is 29.0 Å². The largest absolute Gasteiger partial charge is 0.488 e. The number of aromatic nitrogens is 4. The summed E-state index contributed by atoms with van der Waals surface area (Å²) >= 11 is 0. The first-order valence-electron chi connectivity index (χ1n) is 13.0. The number of nitrogens with one attached hydrogen (secondary N) is 2. The van der Waals surface area contributed by atoms with Gasteiger partial charge in [0.1, 0.15) is 28.4 Å². The van der Waals surface area contributed by atoms with Gasteiger partial charge in [0.15, 0.2) is 0 Å². The van der Waals surface area contributed by atoms with E-state index in [0.717, 1.165) is 25.0 Å². The quantitative estimate of drug-likeness (QED) is 0.151. The van der Waals surface area contributed by atoms with Crippen LogP contribution in [-0.2, 0) is 4.79 Å². The Balaban J connectivity index is 1.40. The van der Waals surface area contributed by atoms with Crippen molar-refractivity contribution in [2.75, 3.05) is 5.32 Å². The maximum Gasteiger partial charge on any atom is 0.239 e. The monoisotopic (exact) mass is 561 g/mol. The number of carbonyl (C=O) groups excluding carboxylic acids is 1. The van der Waals surface area contributed by atoms with E-state index in [-0.39, 0.29) is 17.5 Å². The topological polar surface area (TPSA) is 92.8 Å². The zero-order valence-corrected chi connectivity index (χ0v) is 21.5. The number of carbonyl (C=O) groups is 1. The molecule has 1 aromatic carbocycles. The van der Waals surface area contributed by atoms with E-state index >= 15 is 0 Å². The van der Waals surface area contributed by atoms with Crippen LogP contribution < -0.4 is 10.1 Å². The van der Waals surface area contributed by atoms with Crippen molar-refractivity contribution in [3.63, 3.8) is 0 Å². The molecule has 0 aliphatic heterocycles. The van der Waals surface area contributed by atoms with Crippen LogP contribution in [0.4, 0.5) is 23.4 Å². The van der Waals surface area contributed by atoms with E-state index in [1.165, 1.54) is 24.4 Å². The van der Waals surface area contributed by atoms with E-state index < -0.39 is 36.4 Å². The molecule has 1 fully saturated rings. The van der Waals surface area contributed by atoms with Gasteiger partial charge in [0, 0.05) is 30.4 Å². The fourth-order valence-electron chi connectivity index (χ4n) is 4.67. The average Bonchev–Trinajstić information content (AvgIpc) is 3.69. The molecule has 11 heteroatoms. The van der Waals surface area contributed by atoms with Crippen LogP contribution in [0.1, 0.15) is 30.7 Å². The summed E-state index contributed by atoms with van der Waals surface area (Å²) in [4.78, 5) is 29.2. The van der Waals surface area contributed by atoms with E-state index in [4.69, 9.17) is 4.74 Å². The van der Waals surface area contributed by atoms with Crippen LogP contribution in [0, 0.1) is 11.8 Å². The Bertz CT molecular complexity index is 1710. The van der Waals surface area contributed by atoms with E-state index in [9.17, 15) is 22.4 Å². The summed E-state index contributed by atoms with van der Waals surface area (Å²) in [7, 11) is 0. The second kappa shape index (κ2) is 11.0. The molecule has 7 nitrogen and oxygen atoms in total. The second-order valence-corrected chi connectivity index (χ2v) is 9.72. The highest BCUT2D eigenvalue weighted by atomic mass is 19.3. The van der Waals surface area contributed by atoms with E-state index in [0.29, 0.717) is 39.3 Å². The number of aromatic amines is 1.